The molecule has 0 aliphatic heterocycles. The second-order valence-corrected chi connectivity index (χ2v) is 11.8. The first-order chi connectivity index (χ1) is 20.7. The molecule has 3 N–H and O–H groups in total. The summed E-state index contributed by atoms with van der Waals surface area (Å²) in [6.07, 6.45) is 0.611. The van der Waals surface area contributed by atoms with Gasteiger partial charge in [0, 0.05) is 31.0 Å². The van der Waals surface area contributed by atoms with E-state index in [0.29, 0.717) is 18.2 Å². The average molecular weight is 633 g/mol. The number of hydrogen-bond acceptors (Lipinski definition) is 6. The summed E-state index contributed by atoms with van der Waals surface area (Å²) in [4.78, 5) is 41.1. The molecule has 0 atom stereocenters. The second kappa shape index (κ2) is 15.3. The van der Waals surface area contributed by atoms with Gasteiger partial charge in [-0.15, -0.1) is 0 Å². The lowest BCUT2D eigenvalue weighted by Crippen LogP contribution is -2.42. The number of nitrogens with zero attached hydrogens (tertiary/aromatic N) is 2. The quantitative estimate of drug-likeness (QED) is 0.234. The van der Waals surface area contributed by atoms with Crippen LogP contribution in [0.2, 0.25) is 0 Å². The van der Waals surface area contributed by atoms with Crippen LogP contribution in [-0.2, 0) is 25.5 Å². The van der Waals surface area contributed by atoms with Gasteiger partial charge in [-0.25, -0.2) is 13.6 Å². The fourth-order valence-corrected chi connectivity index (χ4v) is 4.66. The lowest BCUT2D eigenvalue weighted by atomic mass is 10.1. The minimum Gasteiger partial charge on any atom is -0.482 e. The molecule has 11 nitrogen and oxygen atoms in total. The molecule has 0 fully saturated rings. The predicted octanol–water partition coefficient (Wildman–Crippen LogP) is 4.60. The van der Waals surface area contributed by atoms with Crippen LogP contribution in [0.25, 0.3) is 0 Å². The Morgan fingerprint density at radius 3 is 2.30 bits per heavy atom. The summed E-state index contributed by atoms with van der Waals surface area (Å²) in [5, 5.41) is 4.99. The number of hydrogen-bond donors (Lipinski definition) is 3. The molecule has 14 heteroatoms. The maximum absolute atomic E-state index is 13.6. The lowest BCUT2D eigenvalue weighted by molar-refractivity contribution is -0.120. The first-order valence-corrected chi connectivity index (χ1v) is 15.2. The Kier molecular flexibility index (Phi) is 11.8. The van der Waals surface area contributed by atoms with Gasteiger partial charge in [0.1, 0.15) is 23.1 Å². The normalized spacial score (nSPS) is 11.2. The zero-order valence-electron chi connectivity index (χ0n) is 24.4. The number of nitrogens with one attached hydrogen (secondary N) is 2. The highest BCUT2D eigenvalue weighted by atomic mass is 32.2. The van der Waals surface area contributed by atoms with Gasteiger partial charge in [0.15, 0.2) is 6.61 Å². The lowest BCUT2D eigenvalue weighted by Gasteiger charge is -2.26. The van der Waals surface area contributed by atoms with E-state index >= 15 is 0 Å². The Morgan fingerprint density at radius 1 is 0.955 bits per heavy atom. The Morgan fingerprint density at radius 2 is 1.64 bits per heavy atom. The number of anilines is 3. The molecule has 0 heterocycles. The van der Waals surface area contributed by atoms with E-state index < -0.39 is 58.5 Å². The molecule has 0 aromatic heterocycles. The summed E-state index contributed by atoms with van der Waals surface area (Å²) < 4.78 is 64.4. The largest absolute Gasteiger partial charge is 0.482 e. The van der Waals surface area contributed by atoms with E-state index in [-0.39, 0.29) is 35.2 Å². The molecule has 0 unspecified atom stereocenters. The number of urea groups is 1. The molecule has 0 aliphatic carbocycles. The van der Waals surface area contributed by atoms with Gasteiger partial charge in [0.05, 0.1) is 12.2 Å². The highest BCUT2D eigenvalue weighted by Gasteiger charge is 2.22. The number of carbonyl (C=O) groups excluding carboxylic acids is 3. The minimum absolute atomic E-state index is 0.00707. The first-order valence-electron chi connectivity index (χ1n) is 13.6. The number of likely N-dealkylation sites (N-methyl/N-ethyl adjacent to an activating group) is 1. The third-order valence-corrected chi connectivity index (χ3v) is 6.98. The SMILES string of the molecule is CC(C)CCN(C(=O)CNC(=O)Nc1cccc(CS(=O)(=O)O)c1)c1ccccc1OCC(=O)N(C)c1cc(F)cc(F)c1. The van der Waals surface area contributed by atoms with Crippen molar-refractivity contribution in [1.29, 1.82) is 0 Å². The number of rotatable bonds is 13. The molecule has 0 saturated heterocycles. The summed E-state index contributed by atoms with van der Waals surface area (Å²) >= 11 is 0. The number of amides is 4. The van der Waals surface area contributed by atoms with Gasteiger partial charge in [-0.1, -0.05) is 38.1 Å². The van der Waals surface area contributed by atoms with Gasteiger partial charge >= 0.3 is 6.03 Å². The molecule has 0 aliphatic rings. The number of para-hydroxylation sites is 2. The van der Waals surface area contributed by atoms with Crippen molar-refractivity contribution in [1.82, 2.24) is 5.32 Å². The summed E-state index contributed by atoms with van der Waals surface area (Å²) in [6.45, 7) is 3.34. The Labute approximate surface area is 254 Å². The number of benzene rings is 3. The van der Waals surface area contributed by atoms with Crippen molar-refractivity contribution < 1.29 is 40.9 Å². The zero-order chi connectivity index (χ0) is 32.4. The van der Waals surface area contributed by atoms with Gasteiger partial charge in [0.2, 0.25) is 5.91 Å². The van der Waals surface area contributed by atoms with E-state index in [4.69, 9.17) is 9.29 Å². The molecule has 3 aromatic carbocycles. The van der Waals surface area contributed by atoms with E-state index in [1.807, 2.05) is 13.8 Å². The van der Waals surface area contributed by atoms with Gasteiger partial charge < -0.3 is 25.2 Å². The molecule has 44 heavy (non-hydrogen) atoms. The molecule has 0 saturated carbocycles. The van der Waals surface area contributed by atoms with Crippen LogP contribution in [0.15, 0.2) is 66.7 Å². The average Bonchev–Trinajstić information content (AvgIpc) is 2.93. The summed E-state index contributed by atoms with van der Waals surface area (Å²) in [7, 11) is -2.91. The fourth-order valence-electron chi connectivity index (χ4n) is 4.06. The van der Waals surface area contributed by atoms with E-state index in [0.717, 1.165) is 17.0 Å². The maximum atomic E-state index is 13.6. The molecule has 3 aromatic rings. The fraction of sp³-hybridized carbons (Fsp3) is 0.300. The van der Waals surface area contributed by atoms with Crippen molar-refractivity contribution >= 4 is 45.0 Å². The van der Waals surface area contributed by atoms with Crippen LogP contribution in [0.3, 0.4) is 0 Å². The van der Waals surface area contributed by atoms with E-state index in [1.54, 1.807) is 24.3 Å². The number of ether oxygens (including phenoxy) is 1. The van der Waals surface area contributed by atoms with E-state index in [9.17, 15) is 31.6 Å². The molecule has 0 bridgehead atoms. The Bertz CT molecular complexity index is 1580. The first kappa shape index (κ1) is 33.9. The molecule has 236 valence electrons. The molecular formula is C30H34F2N4O7S. The van der Waals surface area contributed by atoms with Crippen molar-refractivity contribution in [3.63, 3.8) is 0 Å². The monoisotopic (exact) mass is 632 g/mol. The smallest absolute Gasteiger partial charge is 0.319 e. The Balaban J connectivity index is 1.69. The topological polar surface area (TPSA) is 145 Å². The number of halogens is 2. The summed E-state index contributed by atoms with van der Waals surface area (Å²) in [5.41, 5.74) is 0.867. The van der Waals surface area contributed by atoms with Gasteiger partial charge in [-0.2, -0.15) is 8.42 Å². The van der Waals surface area contributed by atoms with Crippen molar-refractivity contribution in [3.8, 4) is 5.75 Å². The highest BCUT2D eigenvalue weighted by molar-refractivity contribution is 7.85. The van der Waals surface area contributed by atoms with Crippen LogP contribution in [-0.4, -0.2) is 57.6 Å². The molecule has 4 amide bonds. The van der Waals surface area contributed by atoms with Crippen LogP contribution in [0, 0.1) is 17.6 Å². The summed E-state index contributed by atoms with van der Waals surface area (Å²) in [6, 6.07) is 14.4. The van der Waals surface area contributed by atoms with Crippen LogP contribution < -0.4 is 25.2 Å². The third-order valence-electron chi connectivity index (χ3n) is 6.28. The molecule has 3 rings (SSSR count). The molecule has 0 spiro atoms. The van der Waals surface area contributed by atoms with Gasteiger partial charge in [0.25, 0.3) is 16.0 Å². The third kappa shape index (κ3) is 10.6. The number of carbonyl (C=O) groups is 3. The van der Waals surface area contributed by atoms with Crippen molar-refractivity contribution in [2.24, 2.45) is 5.92 Å². The van der Waals surface area contributed by atoms with E-state index in [2.05, 4.69) is 10.6 Å². The Hall–Kier alpha value is -4.56. The zero-order valence-corrected chi connectivity index (χ0v) is 25.2. The van der Waals surface area contributed by atoms with E-state index in [1.165, 1.54) is 36.2 Å². The van der Waals surface area contributed by atoms with Crippen molar-refractivity contribution in [2.75, 3.05) is 41.9 Å². The molecule has 0 radical (unpaired) electrons. The van der Waals surface area contributed by atoms with Crippen LogP contribution in [0.4, 0.5) is 30.6 Å². The van der Waals surface area contributed by atoms with Gasteiger partial charge in [-0.3, -0.25) is 14.1 Å². The second-order valence-electron chi connectivity index (χ2n) is 10.3. The highest BCUT2D eigenvalue weighted by Crippen LogP contribution is 2.29. The maximum Gasteiger partial charge on any atom is 0.319 e. The standard InChI is InChI=1S/C30H34F2N4O7S/c1-20(2)11-12-36(28(37)17-33-30(39)34-24-8-6-7-21(13-24)19-44(40,41)42)26-9-4-5-10-27(26)43-18-29(38)35(3)25-15-22(31)14-23(32)16-25/h4-10,13-16,20H,11-12,17-19H2,1-3H3,(H2,33,34,39)(H,40,41,42). The van der Waals surface area contributed by atoms with Crippen LogP contribution in [0.1, 0.15) is 25.8 Å². The van der Waals surface area contributed by atoms with Crippen LogP contribution in [0.5, 0.6) is 5.75 Å². The van der Waals surface area contributed by atoms with Crippen molar-refractivity contribution in [3.05, 3.63) is 83.9 Å². The predicted molar refractivity (Wildman–Crippen MR) is 162 cm³/mol. The summed E-state index contributed by atoms with van der Waals surface area (Å²) in [5.74, 6) is -2.93. The minimum atomic E-state index is -4.26. The van der Waals surface area contributed by atoms with Crippen molar-refractivity contribution in [2.45, 2.75) is 26.0 Å². The van der Waals surface area contributed by atoms with Gasteiger partial charge in [-0.05, 0) is 54.3 Å². The molecular weight excluding hydrogens is 598 g/mol. The van der Waals surface area contributed by atoms with Crippen LogP contribution >= 0.6 is 0 Å².